The van der Waals surface area contributed by atoms with E-state index < -0.39 is 16.5 Å². The molecule has 0 saturated heterocycles. The molecule has 0 bridgehead atoms. The summed E-state index contributed by atoms with van der Waals surface area (Å²) in [4.78, 5) is 0. The van der Waals surface area contributed by atoms with Crippen molar-refractivity contribution < 1.29 is 46.7 Å². The van der Waals surface area contributed by atoms with Crippen LogP contribution in [-0.4, -0.2) is 18.3 Å². The zero-order valence-electron chi connectivity index (χ0n) is 8.09. The molecule has 0 aliphatic rings. The predicted molar refractivity (Wildman–Crippen MR) is 53.8 cm³/mol. The van der Waals surface area contributed by atoms with Crippen LogP contribution >= 0.6 is 15.9 Å². The van der Waals surface area contributed by atoms with Crippen LogP contribution in [0.4, 0.5) is 0 Å². The third kappa shape index (κ3) is 6.01. The van der Waals surface area contributed by atoms with E-state index in [9.17, 15) is 13.0 Å². The van der Waals surface area contributed by atoms with Crippen molar-refractivity contribution in [2.45, 2.75) is 6.10 Å². The molecule has 0 aliphatic carbocycles. The molecule has 1 rings (SSSR count). The van der Waals surface area contributed by atoms with Crippen LogP contribution in [-0.2, 0) is 14.6 Å². The maximum atomic E-state index is 10.4. The minimum Gasteiger partial charge on any atom is -0.726 e. The summed E-state index contributed by atoms with van der Waals surface area (Å²) in [5, 5.41) is 0.248. The van der Waals surface area contributed by atoms with Gasteiger partial charge in [0.15, 0.2) is 0 Å². The molecule has 0 radical (unpaired) electrons. The first-order valence-corrected chi connectivity index (χ1v) is 6.23. The van der Waals surface area contributed by atoms with E-state index in [0.29, 0.717) is 5.56 Å². The summed E-state index contributed by atoms with van der Waals surface area (Å²) in [6.07, 6.45) is -0.765. The zero-order valence-corrected chi connectivity index (χ0v) is 12.5. The Labute approximate surface area is 119 Å². The molecule has 0 amide bonds. The van der Waals surface area contributed by atoms with Crippen molar-refractivity contribution in [1.29, 1.82) is 0 Å². The second-order valence-corrected chi connectivity index (χ2v) is 4.21. The summed E-state index contributed by atoms with van der Waals surface area (Å²) in [7, 11) is -4.66. The molecule has 0 heterocycles. The van der Waals surface area contributed by atoms with Crippen LogP contribution in [0.5, 0.6) is 0 Å². The molecule has 0 aliphatic heterocycles. The van der Waals surface area contributed by atoms with Gasteiger partial charge in [0.05, 0.1) is 0 Å². The van der Waals surface area contributed by atoms with Gasteiger partial charge in [0.1, 0.15) is 6.10 Å². The van der Waals surface area contributed by atoms with Gasteiger partial charge in [-0.3, -0.25) is 4.18 Å². The van der Waals surface area contributed by atoms with E-state index in [4.69, 9.17) is 0 Å². The van der Waals surface area contributed by atoms with Crippen molar-refractivity contribution in [3.05, 3.63) is 35.9 Å². The van der Waals surface area contributed by atoms with Crippen molar-refractivity contribution in [3.63, 3.8) is 0 Å². The van der Waals surface area contributed by atoms with Crippen molar-refractivity contribution in [3.8, 4) is 0 Å². The van der Waals surface area contributed by atoms with Crippen molar-refractivity contribution in [2.24, 2.45) is 0 Å². The van der Waals surface area contributed by atoms with E-state index in [1.54, 1.807) is 30.3 Å². The molecule has 0 fully saturated rings. The van der Waals surface area contributed by atoms with Gasteiger partial charge in [-0.05, 0) is 5.56 Å². The maximum Gasteiger partial charge on any atom is 1.00 e. The van der Waals surface area contributed by atoms with E-state index in [1.807, 2.05) is 0 Å². The monoisotopic (exact) mass is 302 g/mol. The Hall–Kier alpha value is 0.570. The molecule has 0 aromatic heterocycles. The summed E-state index contributed by atoms with van der Waals surface area (Å²) < 4.78 is 35.5. The fraction of sp³-hybridized carbons (Fsp3) is 0.250. The second kappa shape index (κ2) is 7.01. The molecule has 1 atom stereocenters. The SMILES string of the molecule is O=S(=O)([O-])OC(CBr)c1ccccc1.[Na+]. The van der Waals surface area contributed by atoms with Gasteiger partial charge in [0, 0.05) is 5.33 Å². The number of benzene rings is 1. The molecule has 78 valence electrons. The Morgan fingerprint density at radius 2 is 1.87 bits per heavy atom. The van der Waals surface area contributed by atoms with Gasteiger partial charge in [0.2, 0.25) is 10.4 Å². The van der Waals surface area contributed by atoms with Gasteiger partial charge in [-0.15, -0.1) is 0 Å². The van der Waals surface area contributed by atoms with E-state index in [2.05, 4.69) is 20.1 Å². The van der Waals surface area contributed by atoms with Crippen molar-refractivity contribution in [1.82, 2.24) is 0 Å². The Kier molecular flexibility index (Phi) is 7.27. The molecule has 1 aromatic carbocycles. The fourth-order valence-corrected chi connectivity index (χ4v) is 2.12. The summed E-state index contributed by atoms with van der Waals surface area (Å²) in [5.74, 6) is 0. The van der Waals surface area contributed by atoms with Crippen LogP contribution in [0.3, 0.4) is 0 Å². The van der Waals surface area contributed by atoms with E-state index >= 15 is 0 Å². The van der Waals surface area contributed by atoms with Gasteiger partial charge in [-0.25, -0.2) is 8.42 Å². The molecule has 1 aromatic rings. The fourth-order valence-electron chi connectivity index (χ4n) is 0.980. The van der Waals surface area contributed by atoms with E-state index in [-0.39, 0.29) is 34.9 Å². The minimum atomic E-state index is -4.66. The second-order valence-electron chi connectivity index (χ2n) is 2.56. The number of hydrogen-bond acceptors (Lipinski definition) is 4. The van der Waals surface area contributed by atoms with Gasteiger partial charge in [0.25, 0.3) is 0 Å². The normalized spacial score (nSPS) is 12.9. The first kappa shape index (κ1) is 15.6. The molecule has 4 nitrogen and oxygen atoms in total. The topological polar surface area (TPSA) is 66.4 Å². The van der Waals surface area contributed by atoms with Gasteiger partial charge in [-0.2, -0.15) is 0 Å². The van der Waals surface area contributed by atoms with E-state index in [0.717, 1.165) is 0 Å². The summed E-state index contributed by atoms with van der Waals surface area (Å²) >= 11 is 3.08. The van der Waals surface area contributed by atoms with Gasteiger partial charge >= 0.3 is 29.6 Å². The third-order valence-corrected chi connectivity index (χ3v) is 2.60. The largest absolute Gasteiger partial charge is 1.00 e. The molecule has 0 saturated carbocycles. The Bertz CT molecular complexity index is 381. The number of hydrogen-bond donors (Lipinski definition) is 0. The van der Waals surface area contributed by atoms with Crippen LogP contribution in [0.2, 0.25) is 0 Å². The van der Waals surface area contributed by atoms with E-state index in [1.165, 1.54) is 0 Å². The molecule has 0 spiro atoms. The molecule has 0 N–H and O–H groups in total. The van der Waals surface area contributed by atoms with Crippen LogP contribution < -0.4 is 29.6 Å². The Morgan fingerprint density at radius 1 is 1.33 bits per heavy atom. The third-order valence-electron chi connectivity index (χ3n) is 1.55. The quantitative estimate of drug-likeness (QED) is 0.297. The molecular weight excluding hydrogens is 295 g/mol. The Balaban J connectivity index is 0.00000196. The first-order valence-electron chi connectivity index (χ1n) is 3.78. The van der Waals surface area contributed by atoms with Crippen LogP contribution in [0.1, 0.15) is 11.7 Å². The minimum absolute atomic E-state index is 0. The van der Waals surface area contributed by atoms with Crippen LogP contribution in [0.15, 0.2) is 30.3 Å². The number of halogens is 1. The van der Waals surface area contributed by atoms with Crippen LogP contribution in [0.25, 0.3) is 0 Å². The van der Waals surface area contributed by atoms with Gasteiger partial charge in [-0.1, -0.05) is 46.3 Å². The summed E-state index contributed by atoms with van der Waals surface area (Å²) in [5.41, 5.74) is 0.642. The average Bonchev–Trinajstić information content (AvgIpc) is 2.14. The predicted octanol–water partition coefficient (Wildman–Crippen LogP) is -1.40. The molecule has 1 unspecified atom stereocenters. The van der Waals surface area contributed by atoms with Crippen LogP contribution in [0, 0.1) is 0 Å². The van der Waals surface area contributed by atoms with Gasteiger partial charge < -0.3 is 4.55 Å². The standard InChI is InChI=1S/C8H9BrO4S.Na/c9-6-8(13-14(10,11)12)7-4-2-1-3-5-7;/h1-5,8H,6H2,(H,10,11,12);/q;+1/p-1. The van der Waals surface area contributed by atoms with Crippen molar-refractivity contribution >= 4 is 26.3 Å². The van der Waals surface area contributed by atoms with Crippen molar-refractivity contribution in [2.75, 3.05) is 5.33 Å². The summed E-state index contributed by atoms with van der Waals surface area (Å²) in [6.45, 7) is 0. The Morgan fingerprint density at radius 3 is 2.27 bits per heavy atom. The molecular formula is C8H8BrNaO4S. The summed E-state index contributed by atoms with van der Waals surface area (Å²) in [6, 6.07) is 8.66. The molecule has 7 heteroatoms. The zero-order chi connectivity index (χ0) is 10.6. The number of rotatable bonds is 4. The first-order chi connectivity index (χ1) is 6.53. The smallest absolute Gasteiger partial charge is 0.726 e. The average molecular weight is 303 g/mol. The molecule has 15 heavy (non-hydrogen) atoms. The number of alkyl halides is 1. The maximum absolute atomic E-state index is 10.4.